The smallest absolute Gasteiger partial charge is 0.413 e. The van der Waals surface area contributed by atoms with Crippen molar-refractivity contribution in [3.63, 3.8) is 0 Å². The van der Waals surface area contributed by atoms with Crippen molar-refractivity contribution in [3.8, 4) is 5.75 Å². The Balaban J connectivity index is 1.17. The van der Waals surface area contributed by atoms with Gasteiger partial charge in [0.25, 0.3) is 8.32 Å². The summed E-state index contributed by atoms with van der Waals surface area (Å²) in [6.07, 6.45) is 1.15. The van der Waals surface area contributed by atoms with Crippen molar-refractivity contribution in [2.24, 2.45) is 0 Å². The van der Waals surface area contributed by atoms with Crippen molar-refractivity contribution >= 4 is 69.6 Å². The first-order valence-corrected chi connectivity index (χ1v) is 24.1. The molecule has 0 spiro atoms. The number of rotatable bonds is 18. The van der Waals surface area contributed by atoms with Crippen LogP contribution in [0.4, 0.5) is 21.4 Å². The van der Waals surface area contributed by atoms with Crippen molar-refractivity contribution < 1.29 is 33.0 Å². The highest BCUT2D eigenvalue weighted by Crippen LogP contribution is 2.38. The first kappa shape index (κ1) is 46.2. The average Bonchev–Trinajstić information content (AvgIpc) is 3.60. The normalized spacial score (nSPS) is 14.0. The van der Waals surface area contributed by atoms with Gasteiger partial charge in [0.1, 0.15) is 28.9 Å². The number of carbonyl (C=O) groups is 2. The molecule has 3 N–H and O–H groups in total. The Bertz CT molecular complexity index is 2480. The minimum absolute atomic E-state index is 0.0608. The molecular weight excluding hydrogens is 895 g/mol. The van der Waals surface area contributed by atoms with E-state index in [-0.39, 0.29) is 43.4 Å². The molecule has 0 radical (unpaired) electrons. The Morgan fingerprint density at radius 2 is 1.55 bits per heavy atom. The van der Waals surface area contributed by atoms with Crippen LogP contribution in [0.1, 0.15) is 63.6 Å². The third-order valence-corrected chi connectivity index (χ3v) is 17.1. The zero-order valence-electron chi connectivity index (χ0n) is 37.2. The van der Waals surface area contributed by atoms with Crippen molar-refractivity contribution in [1.82, 2.24) is 25.1 Å². The molecule has 0 bridgehead atoms. The van der Waals surface area contributed by atoms with Crippen LogP contribution in [0.2, 0.25) is 5.04 Å². The number of nitrogens with zero attached hydrogens (tertiary/aromatic N) is 4. The monoisotopic (exact) mass is 949 g/mol. The number of aromatic nitrogens is 4. The summed E-state index contributed by atoms with van der Waals surface area (Å²) < 4.78 is 31.6. The van der Waals surface area contributed by atoms with Gasteiger partial charge in [-0.15, -0.1) is 0 Å². The van der Waals surface area contributed by atoms with E-state index < -0.39 is 26.0 Å². The van der Waals surface area contributed by atoms with Gasteiger partial charge >= 0.3 is 12.2 Å². The number of alkyl carbamates (subject to hydrolysis) is 1. The van der Waals surface area contributed by atoms with Crippen LogP contribution in [0.25, 0.3) is 11.0 Å². The maximum atomic E-state index is 13.0. The molecule has 336 valence electrons. The highest BCUT2D eigenvalue weighted by atomic mass is 79.9. The van der Waals surface area contributed by atoms with Gasteiger partial charge in [0, 0.05) is 18.2 Å². The number of amides is 2. The molecule has 0 saturated carbocycles. The molecular formula is C48H56BrN7O7Si. The van der Waals surface area contributed by atoms with Gasteiger partial charge < -0.3 is 34.0 Å². The van der Waals surface area contributed by atoms with Gasteiger partial charge in [-0.05, 0) is 61.4 Å². The summed E-state index contributed by atoms with van der Waals surface area (Å²) in [5, 5.41) is 16.5. The molecule has 7 rings (SSSR count). The molecule has 2 amide bonds. The Morgan fingerprint density at radius 3 is 2.12 bits per heavy atom. The van der Waals surface area contributed by atoms with Gasteiger partial charge in [-0.25, -0.2) is 14.6 Å². The number of hydrogen-bond donors (Lipinski definition) is 3. The summed E-state index contributed by atoms with van der Waals surface area (Å²) in [6, 6.07) is 36.5. The van der Waals surface area contributed by atoms with Gasteiger partial charge in [-0.3, -0.25) is 10.00 Å². The molecule has 3 heterocycles. The van der Waals surface area contributed by atoms with Crippen molar-refractivity contribution in [2.75, 3.05) is 44.7 Å². The SMILES string of the molecule is CCC[C@@H](CCO[Si](c1ccccc1)(c1ccccc1)C(C)(C)C)Nc1nc(NC(=O)OC)nc2c(Br)nn(Cc3ccc(C4(NC(=O)OCc5ccccc5)COC4)cc3OC)c12. The Kier molecular flexibility index (Phi) is 14.7. The number of fused-ring (bicyclic) bond motifs is 1. The summed E-state index contributed by atoms with van der Waals surface area (Å²) in [5.74, 6) is 1.13. The predicted molar refractivity (Wildman–Crippen MR) is 254 cm³/mol. The minimum Gasteiger partial charge on any atom is -0.496 e. The second kappa shape index (κ2) is 20.4. The number of hydrogen-bond acceptors (Lipinski definition) is 11. The van der Waals surface area contributed by atoms with Crippen LogP contribution in [0.15, 0.2) is 114 Å². The van der Waals surface area contributed by atoms with Crippen LogP contribution in [0.5, 0.6) is 5.75 Å². The molecule has 14 nitrogen and oxygen atoms in total. The van der Waals surface area contributed by atoms with E-state index in [9.17, 15) is 9.59 Å². The Morgan fingerprint density at radius 1 is 0.891 bits per heavy atom. The Hall–Kier alpha value is -5.81. The number of benzene rings is 4. The average molecular weight is 951 g/mol. The lowest BCUT2D eigenvalue weighted by Crippen LogP contribution is -2.66. The first-order chi connectivity index (χ1) is 30.9. The quantitative estimate of drug-likeness (QED) is 0.0709. The van der Waals surface area contributed by atoms with Crippen LogP contribution in [-0.2, 0) is 37.3 Å². The van der Waals surface area contributed by atoms with E-state index in [0.717, 1.165) is 29.5 Å². The molecule has 1 fully saturated rings. The van der Waals surface area contributed by atoms with Crippen LogP contribution >= 0.6 is 15.9 Å². The van der Waals surface area contributed by atoms with Gasteiger partial charge in [0.05, 0.1) is 34.0 Å². The highest BCUT2D eigenvalue weighted by Gasteiger charge is 2.50. The van der Waals surface area contributed by atoms with Gasteiger partial charge in [-0.1, -0.05) is 137 Å². The first-order valence-electron chi connectivity index (χ1n) is 21.4. The van der Waals surface area contributed by atoms with E-state index in [0.29, 0.717) is 40.2 Å². The number of methoxy groups -OCH3 is 2. The molecule has 0 aliphatic carbocycles. The number of halogens is 1. The number of nitrogens with one attached hydrogen (secondary N) is 3. The standard InChI is InChI=1S/C48H56BrN7O7Si/c1-7-17-36(26-27-63-64(47(2,3)4,37-20-13-9-14-21-37)38-22-15-10-16-23-38)50-43-41-40(51-44(52-43)53-45(57)60-6)42(49)55-56(41)29-34-24-25-35(28-39(34)59-5)48(31-61-32-48)54-46(58)62-30-33-18-11-8-12-19-33/h8-16,18-25,28,36H,7,17,26-27,29-32H2,1-6H3,(H,54,58)(H2,50,51,52,53,57)/t36-/m0/s1. The lowest BCUT2D eigenvalue weighted by Gasteiger charge is -2.43. The second-order valence-corrected chi connectivity index (χ2v) is 21.9. The molecule has 4 aromatic carbocycles. The Labute approximate surface area is 383 Å². The number of ether oxygens (including phenoxy) is 4. The van der Waals surface area contributed by atoms with Crippen molar-refractivity contribution in [3.05, 3.63) is 130 Å². The molecule has 2 aromatic heterocycles. The largest absolute Gasteiger partial charge is 0.496 e. The zero-order chi connectivity index (χ0) is 45.3. The molecule has 1 aliphatic rings. The van der Waals surface area contributed by atoms with E-state index in [1.165, 1.54) is 17.5 Å². The third-order valence-electron chi connectivity index (χ3n) is 11.5. The molecule has 0 unspecified atom stereocenters. The van der Waals surface area contributed by atoms with Crippen LogP contribution in [0.3, 0.4) is 0 Å². The maximum absolute atomic E-state index is 13.0. The lowest BCUT2D eigenvalue weighted by molar-refractivity contribution is -0.0763. The summed E-state index contributed by atoms with van der Waals surface area (Å²) in [5.41, 5.74) is 2.84. The lowest BCUT2D eigenvalue weighted by atomic mass is 9.87. The molecule has 64 heavy (non-hydrogen) atoms. The zero-order valence-corrected chi connectivity index (χ0v) is 39.7. The molecule has 1 saturated heterocycles. The van der Waals surface area contributed by atoms with Gasteiger partial charge in [0.15, 0.2) is 10.4 Å². The van der Waals surface area contributed by atoms with E-state index in [1.807, 2.05) is 65.3 Å². The second-order valence-electron chi connectivity index (χ2n) is 16.9. The fraction of sp³-hybridized carbons (Fsp3) is 0.354. The molecule has 6 aromatic rings. The summed E-state index contributed by atoms with van der Waals surface area (Å²) >= 11 is 3.64. The van der Waals surface area contributed by atoms with Crippen LogP contribution in [-0.4, -0.2) is 80.3 Å². The molecule has 16 heteroatoms. The van der Waals surface area contributed by atoms with E-state index >= 15 is 0 Å². The van der Waals surface area contributed by atoms with Crippen molar-refractivity contribution in [1.29, 1.82) is 0 Å². The fourth-order valence-corrected chi connectivity index (χ4v) is 13.4. The highest BCUT2D eigenvalue weighted by molar-refractivity contribution is 9.10. The molecule has 1 aliphatic heterocycles. The minimum atomic E-state index is -2.79. The number of carbonyl (C=O) groups excluding carboxylic acids is 2. The van der Waals surface area contributed by atoms with E-state index in [4.69, 9.17) is 33.5 Å². The summed E-state index contributed by atoms with van der Waals surface area (Å²) in [7, 11) is 0.110. The van der Waals surface area contributed by atoms with Crippen LogP contribution < -0.4 is 31.1 Å². The number of anilines is 2. The predicted octanol–water partition coefficient (Wildman–Crippen LogP) is 8.52. The topological polar surface area (TPSA) is 160 Å². The van der Waals surface area contributed by atoms with Crippen LogP contribution in [0, 0.1) is 0 Å². The third kappa shape index (κ3) is 10.1. The van der Waals surface area contributed by atoms with Gasteiger partial charge in [0.2, 0.25) is 5.95 Å². The summed E-state index contributed by atoms with van der Waals surface area (Å²) in [6.45, 7) is 10.5. The molecule has 1 atom stereocenters. The van der Waals surface area contributed by atoms with E-state index in [1.54, 1.807) is 7.11 Å². The van der Waals surface area contributed by atoms with Crippen molar-refractivity contribution in [2.45, 2.75) is 76.7 Å². The van der Waals surface area contributed by atoms with E-state index in [2.05, 4.69) is 113 Å². The maximum Gasteiger partial charge on any atom is 0.413 e. The summed E-state index contributed by atoms with van der Waals surface area (Å²) in [4.78, 5) is 35.0. The van der Waals surface area contributed by atoms with Gasteiger partial charge in [-0.2, -0.15) is 10.1 Å². The fourth-order valence-electron chi connectivity index (χ4n) is 8.31.